The summed E-state index contributed by atoms with van der Waals surface area (Å²) in [5, 5.41) is 1.04. The molecule has 6 nitrogen and oxygen atoms in total. The van der Waals surface area contributed by atoms with Crippen LogP contribution in [0.2, 0.25) is 10.0 Å². The van der Waals surface area contributed by atoms with Gasteiger partial charge >= 0.3 is 0 Å². The third kappa shape index (κ3) is 2.95. The normalized spacial score (nSPS) is 11.6. The van der Waals surface area contributed by atoms with Crippen molar-refractivity contribution in [3.63, 3.8) is 0 Å². The van der Waals surface area contributed by atoms with Crippen molar-refractivity contribution in [1.82, 2.24) is 9.97 Å². The van der Waals surface area contributed by atoms with E-state index in [-0.39, 0.29) is 15.7 Å². The lowest BCUT2D eigenvalue weighted by Gasteiger charge is -2.10. The number of pyridine rings is 1. The fourth-order valence-corrected chi connectivity index (χ4v) is 3.65. The maximum absolute atomic E-state index is 12.6. The molecule has 0 spiro atoms. The quantitative estimate of drug-likeness (QED) is 0.732. The summed E-state index contributed by atoms with van der Waals surface area (Å²) in [6.45, 7) is 0. The molecule has 0 unspecified atom stereocenters. The lowest BCUT2D eigenvalue weighted by Crippen LogP contribution is -2.14. The molecule has 0 fully saturated rings. The fourth-order valence-electron chi connectivity index (χ4n) is 2.13. The van der Waals surface area contributed by atoms with E-state index < -0.39 is 10.0 Å². The van der Waals surface area contributed by atoms with Crippen LogP contribution in [0.4, 0.5) is 5.82 Å². The Morgan fingerprint density at radius 3 is 2.74 bits per heavy atom. The smallest absolute Gasteiger partial charge is 0.265 e. The molecule has 1 aromatic carbocycles. The number of anilines is 1. The number of benzene rings is 1. The minimum atomic E-state index is -3.88. The number of hydrogen-bond donors (Lipinski definition) is 2. The predicted octanol–water partition coefficient (Wildman–Crippen LogP) is 3.68. The second kappa shape index (κ2) is 5.92. The summed E-state index contributed by atoms with van der Waals surface area (Å²) in [7, 11) is -2.45. The summed E-state index contributed by atoms with van der Waals surface area (Å²) in [5.74, 6) is 0.418. The summed E-state index contributed by atoms with van der Waals surface area (Å²) in [4.78, 5) is 6.89. The second-order valence-corrected chi connectivity index (χ2v) is 7.09. The Morgan fingerprint density at radius 1 is 1.26 bits per heavy atom. The fraction of sp³-hybridized carbons (Fsp3) is 0.0714. The first-order valence-electron chi connectivity index (χ1n) is 6.40. The Morgan fingerprint density at radius 2 is 2.00 bits per heavy atom. The molecule has 0 aliphatic carbocycles. The predicted molar refractivity (Wildman–Crippen MR) is 89.9 cm³/mol. The van der Waals surface area contributed by atoms with Gasteiger partial charge in [0.2, 0.25) is 0 Å². The number of aromatic amines is 1. The average molecular weight is 372 g/mol. The number of fused-ring (bicyclic) bond motifs is 1. The molecule has 0 saturated heterocycles. The third-order valence-corrected chi connectivity index (χ3v) is 5.30. The molecule has 23 heavy (non-hydrogen) atoms. The molecule has 0 radical (unpaired) electrons. The van der Waals surface area contributed by atoms with Crippen LogP contribution >= 0.6 is 23.2 Å². The Kier molecular flexibility index (Phi) is 4.09. The van der Waals surface area contributed by atoms with Gasteiger partial charge in [0, 0.05) is 23.3 Å². The van der Waals surface area contributed by atoms with Crippen LogP contribution in [0.15, 0.2) is 41.6 Å². The lowest BCUT2D eigenvalue weighted by atomic mass is 10.2. The van der Waals surface area contributed by atoms with Crippen LogP contribution in [0.1, 0.15) is 0 Å². The van der Waals surface area contributed by atoms with Crippen LogP contribution in [0.3, 0.4) is 0 Å². The molecule has 0 saturated carbocycles. The highest BCUT2D eigenvalue weighted by Gasteiger charge is 2.22. The summed E-state index contributed by atoms with van der Waals surface area (Å²) in [5.41, 5.74) is 0.563. The number of H-pyrrole nitrogens is 1. The van der Waals surface area contributed by atoms with Crippen molar-refractivity contribution in [1.29, 1.82) is 0 Å². The molecule has 0 atom stereocenters. The van der Waals surface area contributed by atoms with Gasteiger partial charge in [-0.1, -0.05) is 23.2 Å². The summed E-state index contributed by atoms with van der Waals surface area (Å²) in [6.07, 6.45) is 2.83. The number of methoxy groups -OCH3 is 1. The number of hydrogen-bond acceptors (Lipinski definition) is 4. The summed E-state index contributed by atoms with van der Waals surface area (Å²) in [6, 6.07) is 6.32. The summed E-state index contributed by atoms with van der Waals surface area (Å²) >= 11 is 11.9. The van der Waals surface area contributed by atoms with Gasteiger partial charge in [0.1, 0.15) is 4.90 Å². The SMILES string of the molecule is COc1cccnc1NS(=O)(=O)c1c[nH]c2cc(Cl)c(Cl)cc12. The highest BCUT2D eigenvalue weighted by atomic mass is 35.5. The van der Waals surface area contributed by atoms with E-state index in [1.54, 1.807) is 18.2 Å². The van der Waals surface area contributed by atoms with Gasteiger partial charge in [0.05, 0.1) is 17.2 Å². The first-order chi connectivity index (χ1) is 10.9. The molecular weight excluding hydrogens is 361 g/mol. The Balaban J connectivity index is 2.08. The van der Waals surface area contributed by atoms with Crippen molar-refractivity contribution in [2.45, 2.75) is 4.90 Å². The van der Waals surface area contributed by atoms with Crippen molar-refractivity contribution in [2.75, 3.05) is 11.8 Å². The molecule has 0 aliphatic rings. The van der Waals surface area contributed by atoms with E-state index in [0.717, 1.165) is 0 Å². The Labute approximate surface area is 142 Å². The maximum Gasteiger partial charge on any atom is 0.265 e. The van der Waals surface area contributed by atoms with E-state index in [4.69, 9.17) is 27.9 Å². The van der Waals surface area contributed by atoms with E-state index in [1.807, 2.05) is 0 Å². The van der Waals surface area contributed by atoms with Crippen molar-refractivity contribution in [2.24, 2.45) is 0 Å². The lowest BCUT2D eigenvalue weighted by molar-refractivity contribution is 0.415. The van der Waals surface area contributed by atoms with Crippen molar-refractivity contribution in [3.05, 3.63) is 46.7 Å². The minimum absolute atomic E-state index is 0.0405. The minimum Gasteiger partial charge on any atom is -0.493 e. The zero-order valence-electron chi connectivity index (χ0n) is 11.8. The highest BCUT2D eigenvalue weighted by Crippen LogP contribution is 2.32. The van der Waals surface area contributed by atoms with Gasteiger partial charge in [-0.15, -0.1) is 0 Å². The standard InChI is InChI=1S/C14H11Cl2N3O3S/c1-22-12-3-2-4-17-14(12)19-23(20,21)13-7-18-11-6-10(16)9(15)5-8(11)13/h2-7,18H,1H3,(H,17,19). The molecule has 0 aliphatic heterocycles. The van der Waals surface area contributed by atoms with E-state index in [0.29, 0.717) is 21.7 Å². The summed E-state index contributed by atoms with van der Waals surface area (Å²) < 4.78 is 32.8. The second-order valence-electron chi connectivity index (χ2n) is 4.62. The average Bonchev–Trinajstić information content (AvgIpc) is 2.91. The molecule has 2 heterocycles. The van der Waals surface area contributed by atoms with Crippen molar-refractivity contribution < 1.29 is 13.2 Å². The van der Waals surface area contributed by atoms with E-state index in [2.05, 4.69) is 14.7 Å². The van der Waals surface area contributed by atoms with Crippen LogP contribution in [-0.2, 0) is 10.0 Å². The molecule has 2 aromatic heterocycles. The van der Waals surface area contributed by atoms with Crippen LogP contribution < -0.4 is 9.46 Å². The van der Waals surface area contributed by atoms with Gasteiger partial charge in [-0.3, -0.25) is 4.72 Å². The Hall–Kier alpha value is -1.96. The molecule has 0 amide bonds. The van der Waals surface area contributed by atoms with Gasteiger partial charge < -0.3 is 9.72 Å². The molecule has 9 heteroatoms. The molecule has 3 aromatic rings. The monoisotopic (exact) mass is 371 g/mol. The third-order valence-electron chi connectivity index (χ3n) is 3.20. The molecular formula is C14H11Cl2N3O3S. The Bertz CT molecular complexity index is 986. The van der Waals surface area contributed by atoms with Crippen LogP contribution in [-0.4, -0.2) is 25.5 Å². The largest absolute Gasteiger partial charge is 0.493 e. The van der Waals surface area contributed by atoms with Gasteiger partial charge in [-0.25, -0.2) is 13.4 Å². The van der Waals surface area contributed by atoms with E-state index in [9.17, 15) is 8.42 Å². The number of halogens is 2. The molecule has 120 valence electrons. The van der Waals surface area contributed by atoms with Crippen LogP contribution in [0.25, 0.3) is 10.9 Å². The topological polar surface area (TPSA) is 84.1 Å². The maximum atomic E-state index is 12.6. The molecule has 2 N–H and O–H groups in total. The molecule has 3 rings (SSSR count). The number of ether oxygens (including phenoxy) is 1. The van der Waals surface area contributed by atoms with Crippen LogP contribution in [0, 0.1) is 0 Å². The zero-order chi connectivity index (χ0) is 16.6. The van der Waals surface area contributed by atoms with Gasteiger partial charge in [-0.2, -0.15) is 0 Å². The van der Waals surface area contributed by atoms with Crippen LogP contribution in [0.5, 0.6) is 5.75 Å². The molecule has 0 bridgehead atoms. The van der Waals surface area contributed by atoms with E-state index in [1.165, 1.54) is 25.6 Å². The number of nitrogens with zero attached hydrogens (tertiary/aromatic N) is 1. The highest BCUT2D eigenvalue weighted by molar-refractivity contribution is 7.93. The first-order valence-corrected chi connectivity index (χ1v) is 8.64. The van der Waals surface area contributed by atoms with Gasteiger partial charge in [0.15, 0.2) is 11.6 Å². The van der Waals surface area contributed by atoms with Crippen molar-refractivity contribution in [3.8, 4) is 5.75 Å². The number of rotatable bonds is 4. The van der Waals surface area contributed by atoms with E-state index >= 15 is 0 Å². The first kappa shape index (κ1) is 15.9. The number of sulfonamides is 1. The zero-order valence-corrected chi connectivity index (χ0v) is 14.1. The van der Waals surface area contributed by atoms with Gasteiger partial charge in [0.25, 0.3) is 10.0 Å². The van der Waals surface area contributed by atoms with Gasteiger partial charge in [-0.05, 0) is 24.3 Å². The number of aromatic nitrogens is 2. The number of nitrogens with one attached hydrogen (secondary N) is 2. The van der Waals surface area contributed by atoms with Crippen molar-refractivity contribution >= 4 is 49.9 Å².